The van der Waals surface area contributed by atoms with Gasteiger partial charge in [0.15, 0.2) is 0 Å². The Morgan fingerprint density at radius 2 is 2.00 bits per heavy atom. The van der Waals surface area contributed by atoms with Crippen LogP contribution in [0.3, 0.4) is 0 Å². The number of hydrogen-bond acceptors (Lipinski definition) is 2. The molecule has 1 aromatic rings. The monoisotopic (exact) mass is 218 g/mol. The predicted molar refractivity (Wildman–Crippen MR) is 69.6 cm³/mol. The molecule has 0 aromatic heterocycles. The van der Waals surface area contributed by atoms with Crippen molar-refractivity contribution in [2.45, 2.75) is 31.7 Å². The quantitative estimate of drug-likeness (QED) is 0.842. The molecule has 16 heavy (non-hydrogen) atoms. The second-order valence-corrected chi connectivity index (χ2v) is 4.90. The van der Waals surface area contributed by atoms with Crippen LogP contribution >= 0.6 is 0 Å². The van der Waals surface area contributed by atoms with E-state index in [0.29, 0.717) is 6.04 Å². The lowest BCUT2D eigenvalue weighted by atomic mass is 10.00. The van der Waals surface area contributed by atoms with Crippen LogP contribution in [0.1, 0.15) is 25.7 Å². The number of anilines is 1. The third-order valence-corrected chi connectivity index (χ3v) is 3.75. The molecule has 0 heterocycles. The van der Waals surface area contributed by atoms with E-state index in [-0.39, 0.29) is 0 Å². The van der Waals surface area contributed by atoms with Crippen LogP contribution in [-0.2, 0) is 0 Å². The first-order chi connectivity index (χ1) is 7.77. The van der Waals surface area contributed by atoms with Gasteiger partial charge in [0, 0.05) is 25.3 Å². The Kier molecular flexibility index (Phi) is 3.83. The van der Waals surface area contributed by atoms with Crippen molar-refractivity contribution in [3.05, 3.63) is 30.3 Å². The molecular formula is C14H22N2. The van der Waals surface area contributed by atoms with Gasteiger partial charge in [-0.3, -0.25) is 0 Å². The fourth-order valence-electron chi connectivity index (χ4n) is 2.59. The van der Waals surface area contributed by atoms with Gasteiger partial charge in [0.25, 0.3) is 0 Å². The first kappa shape index (κ1) is 11.5. The Hall–Kier alpha value is -1.02. The minimum absolute atomic E-state index is 0.448. The van der Waals surface area contributed by atoms with Crippen LogP contribution in [0.2, 0.25) is 0 Å². The first-order valence-corrected chi connectivity index (χ1v) is 6.29. The van der Waals surface area contributed by atoms with Crippen LogP contribution in [0.25, 0.3) is 0 Å². The van der Waals surface area contributed by atoms with Crippen LogP contribution in [0.4, 0.5) is 5.69 Å². The van der Waals surface area contributed by atoms with E-state index in [9.17, 15) is 0 Å². The van der Waals surface area contributed by atoms with Crippen LogP contribution in [0.15, 0.2) is 30.3 Å². The maximum absolute atomic E-state index is 6.09. The third-order valence-electron chi connectivity index (χ3n) is 3.75. The fourth-order valence-corrected chi connectivity index (χ4v) is 2.59. The van der Waals surface area contributed by atoms with Crippen molar-refractivity contribution in [1.82, 2.24) is 0 Å². The van der Waals surface area contributed by atoms with Gasteiger partial charge in [-0.2, -0.15) is 0 Å². The van der Waals surface area contributed by atoms with Crippen molar-refractivity contribution in [2.24, 2.45) is 11.7 Å². The van der Waals surface area contributed by atoms with Gasteiger partial charge in [0.2, 0.25) is 0 Å². The summed E-state index contributed by atoms with van der Waals surface area (Å²) in [6, 6.07) is 11.0. The molecule has 88 valence electrons. The van der Waals surface area contributed by atoms with E-state index in [1.165, 1.54) is 31.4 Å². The predicted octanol–water partition coefficient (Wildman–Crippen LogP) is 2.64. The van der Waals surface area contributed by atoms with Gasteiger partial charge in [-0.1, -0.05) is 24.6 Å². The Labute approximate surface area is 98.4 Å². The summed E-state index contributed by atoms with van der Waals surface area (Å²) in [6.45, 7) is 1.11. The highest BCUT2D eigenvalue weighted by molar-refractivity contribution is 5.44. The van der Waals surface area contributed by atoms with Crippen LogP contribution < -0.4 is 10.6 Å². The maximum Gasteiger partial charge on any atom is 0.0363 e. The molecule has 1 fully saturated rings. The lowest BCUT2D eigenvalue weighted by molar-refractivity contribution is 0.449. The molecule has 0 saturated heterocycles. The Morgan fingerprint density at radius 3 is 2.62 bits per heavy atom. The van der Waals surface area contributed by atoms with Crippen molar-refractivity contribution in [2.75, 3.05) is 18.5 Å². The Morgan fingerprint density at radius 1 is 1.25 bits per heavy atom. The molecule has 2 nitrogen and oxygen atoms in total. The molecule has 2 atom stereocenters. The zero-order valence-corrected chi connectivity index (χ0v) is 10.1. The molecule has 1 saturated carbocycles. The van der Waals surface area contributed by atoms with Crippen molar-refractivity contribution in [1.29, 1.82) is 0 Å². The second-order valence-electron chi connectivity index (χ2n) is 4.90. The molecule has 2 unspecified atom stereocenters. The van der Waals surface area contributed by atoms with E-state index >= 15 is 0 Å². The highest BCUT2D eigenvalue weighted by Crippen LogP contribution is 2.27. The Bertz CT molecular complexity index is 310. The number of nitrogens with zero attached hydrogens (tertiary/aromatic N) is 1. The normalized spacial score (nSPS) is 24.6. The average Bonchev–Trinajstić information content (AvgIpc) is 2.73. The molecule has 1 aliphatic rings. The summed E-state index contributed by atoms with van der Waals surface area (Å²) < 4.78 is 0. The molecule has 0 radical (unpaired) electrons. The molecular weight excluding hydrogens is 196 g/mol. The van der Waals surface area contributed by atoms with Gasteiger partial charge in [0.1, 0.15) is 0 Å². The minimum Gasteiger partial charge on any atom is -0.375 e. The molecule has 0 amide bonds. The van der Waals surface area contributed by atoms with Gasteiger partial charge in [0.05, 0.1) is 0 Å². The standard InChI is InChI=1S/C14H22N2/c1-16(13-7-3-2-4-8-13)11-10-12-6-5-9-14(12)15/h2-4,7-8,12,14H,5-6,9-11,15H2,1H3. The van der Waals surface area contributed by atoms with E-state index in [4.69, 9.17) is 5.73 Å². The molecule has 1 aliphatic carbocycles. The molecule has 2 rings (SSSR count). The zero-order chi connectivity index (χ0) is 11.4. The lowest BCUT2D eigenvalue weighted by Gasteiger charge is -2.22. The smallest absolute Gasteiger partial charge is 0.0363 e. The molecule has 2 heteroatoms. The number of para-hydroxylation sites is 1. The minimum atomic E-state index is 0.448. The van der Waals surface area contributed by atoms with Crippen molar-refractivity contribution in [3.8, 4) is 0 Å². The van der Waals surface area contributed by atoms with Gasteiger partial charge in [-0.25, -0.2) is 0 Å². The third kappa shape index (κ3) is 2.76. The van der Waals surface area contributed by atoms with Crippen LogP contribution in [-0.4, -0.2) is 19.6 Å². The topological polar surface area (TPSA) is 29.3 Å². The largest absolute Gasteiger partial charge is 0.375 e. The molecule has 2 N–H and O–H groups in total. The summed E-state index contributed by atoms with van der Waals surface area (Å²) in [5, 5.41) is 0. The van der Waals surface area contributed by atoms with Gasteiger partial charge < -0.3 is 10.6 Å². The number of nitrogens with two attached hydrogens (primary N) is 1. The fraction of sp³-hybridized carbons (Fsp3) is 0.571. The highest BCUT2D eigenvalue weighted by atomic mass is 15.1. The lowest BCUT2D eigenvalue weighted by Crippen LogP contribution is -2.28. The number of hydrogen-bond donors (Lipinski definition) is 1. The summed E-state index contributed by atoms with van der Waals surface area (Å²) in [5.41, 5.74) is 7.39. The van der Waals surface area contributed by atoms with Crippen LogP contribution in [0, 0.1) is 5.92 Å². The second kappa shape index (κ2) is 5.35. The highest BCUT2D eigenvalue weighted by Gasteiger charge is 2.23. The number of rotatable bonds is 4. The van der Waals surface area contributed by atoms with Gasteiger partial charge in [-0.15, -0.1) is 0 Å². The summed E-state index contributed by atoms with van der Waals surface area (Å²) in [6.07, 6.45) is 5.09. The summed E-state index contributed by atoms with van der Waals surface area (Å²) >= 11 is 0. The van der Waals surface area contributed by atoms with E-state index < -0.39 is 0 Å². The maximum atomic E-state index is 6.09. The molecule has 0 aliphatic heterocycles. The summed E-state index contributed by atoms with van der Waals surface area (Å²) in [4.78, 5) is 2.32. The Balaban J connectivity index is 1.82. The number of benzene rings is 1. The summed E-state index contributed by atoms with van der Waals surface area (Å²) in [7, 11) is 2.16. The van der Waals surface area contributed by atoms with Crippen molar-refractivity contribution >= 4 is 5.69 Å². The molecule has 1 aromatic carbocycles. The van der Waals surface area contributed by atoms with Gasteiger partial charge in [-0.05, 0) is 37.3 Å². The van der Waals surface area contributed by atoms with E-state index in [1.54, 1.807) is 0 Å². The molecule has 0 spiro atoms. The summed E-state index contributed by atoms with van der Waals surface area (Å²) in [5.74, 6) is 0.742. The van der Waals surface area contributed by atoms with Crippen LogP contribution in [0.5, 0.6) is 0 Å². The first-order valence-electron chi connectivity index (χ1n) is 6.29. The van der Waals surface area contributed by atoms with E-state index in [1.807, 2.05) is 0 Å². The van der Waals surface area contributed by atoms with E-state index in [2.05, 4.69) is 42.3 Å². The van der Waals surface area contributed by atoms with E-state index in [0.717, 1.165) is 12.5 Å². The average molecular weight is 218 g/mol. The molecule has 0 bridgehead atoms. The van der Waals surface area contributed by atoms with Crippen molar-refractivity contribution < 1.29 is 0 Å². The zero-order valence-electron chi connectivity index (χ0n) is 10.1. The SMILES string of the molecule is CN(CCC1CCCC1N)c1ccccc1. The van der Waals surface area contributed by atoms with Crippen molar-refractivity contribution in [3.63, 3.8) is 0 Å². The van der Waals surface area contributed by atoms with Gasteiger partial charge >= 0.3 is 0 Å².